The molecule has 0 heterocycles. The van der Waals surface area contributed by atoms with Gasteiger partial charge >= 0.3 is 33.0 Å². The van der Waals surface area contributed by atoms with Crippen LogP contribution in [0.15, 0.2) is 0 Å². The maximum absolute atomic E-state index is 11.8. The second kappa shape index (κ2) is 8.18. The van der Waals surface area contributed by atoms with E-state index in [-0.39, 0.29) is 0 Å². The van der Waals surface area contributed by atoms with Crippen LogP contribution in [0.25, 0.3) is 0 Å². The summed E-state index contributed by atoms with van der Waals surface area (Å²) in [7, 11) is -14.4. The van der Waals surface area contributed by atoms with Crippen molar-refractivity contribution in [3.63, 3.8) is 0 Å². The fourth-order valence-electron chi connectivity index (χ4n) is 1.94. The van der Waals surface area contributed by atoms with E-state index in [1.807, 2.05) is 6.92 Å². The third-order valence-electron chi connectivity index (χ3n) is 3.70. The molecule has 0 bridgehead atoms. The fraction of sp³-hybridized carbons (Fsp3) is 1.00. The topological polar surface area (TPSA) is 34.1 Å². The van der Waals surface area contributed by atoms with E-state index in [1.165, 1.54) is 18.5 Å². The molecule has 0 N–H and O–H groups in total. The van der Waals surface area contributed by atoms with E-state index in [0.717, 1.165) is 19.0 Å². The number of rotatable bonds is 9. The summed E-state index contributed by atoms with van der Waals surface area (Å²) in [5.74, 6) is 0.816. The zero-order valence-corrected chi connectivity index (χ0v) is 16.6. The molecular formula is C12H28F6O2P2S. The summed E-state index contributed by atoms with van der Waals surface area (Å²) >= 11 is 0. The zero-order chi connectivity index (χ0) is 19.1. The first kappa shape index (κ1) is 25.6. The van der Waals surface area contributed by atoms with Gasteiger partial charge < -0.3 is 0 Å². The summed E-state index contributed by atoms with van der Waals surface area (Å²) in [5.41, 5.74) is 0. The van der Waals surface area contributed by atoms with Crippen LogP contribution in [0.3, 0.4) is 0 Å². The Kier molecular flexibility index (Phi) is 9.11. The second-order valence-electron chi connectivity index (χ2n) is 5.48. The van der Waals surface area contributed by atoms with Gasteiger partial charge in [-0.05, 0) is 27.2 Å². The standard InChI is InChI=1S/C12H28O2PS.F6P/c1-5-9-11-16(13,14)12-10-15(6-2,7-3)8-4;1-7(2,3,4,5)6/h5-12H2,1-4H3;/q+1;-1. The first-order valence-electron chi connectivity index (χ1n) is 7.52. The van der Waals surface area contributed by atoms with Gasteiger partial charge in [-0.25, -0.2) is 8.42 Å². The van der Waals surface area contributed by atoms with Crippen LogP contribution in [0.2, 0.25) is 0 Å². The van der Waals surface area contributed by atoms with Gasteiger partial charge in [0.2, 0.25) is 0 Å². The van der Waals surface area contributed by atoms with Gasteiger partial charge in [-0.3, -0.25) is 0 Å². The molecule has 23 heavy (non-hydrogen) atoms. The monoisotopic (exact) mass is 412 g/mol. The summed E-state index contributed by atoms with van der Waals surface area (Å²) in [6.45, 7) is 8.70. The molecule has 0 aliphatic heterocycles. The summed E-state index contributed by atoms with van der Waals surface area (Å²) < 4.78 is 82.8. The maximum atomic E-state index is 11.8. The molecule has 0 unspecified atom stereocenters. The van der Waals surface area contributed by atoms with E-state index in [2.05, 4.69) is 20.8 Å². The average Bonchev–Trinajstić information content (AvgIpc) is 2.35. The molecule has 0 fully saturated rings. The third-order valence-corrected chi connectivity index (χ3v) is 10.9. The van der Waals surface area contributed by atoms with Crippen LogP contribution in [0.5, 0.6) is 0 Å². The van der Waals surface area contributed by atoms with Crippen LogP contribution in [-0.2, 0) is 9.84 Å². The Balaban J connectivity index is 0. The number of halogens is 6. The molecule has 0 saturated heterocycles. The Morgan fingerprint density at radius 1 is 0.783 bits per heavy atom. The Morgan fingerprint density at radius 2 is 1.13 bits per heavy atom. The zero-order valence-electron chi connectivity index (χ0n) is 14.0. The van der Waals surface area contributed by atoms with Gasteiger partial charge in [0.05, 0.1) is 36.2 Å². The van der Waals surface area contributed by atoms with Crippen LogP contribution in [0.4, 0.5) is 25.2 Å². The molecule has 0 atom stereocenters. The van der Waals surface area contributed by atoms with Crippen molar-refractivity contribution in [2.75, 3.05) is 36.2 Å². The van der Waals surface area contributed by atoms with Crippen molar-refractivity contribution >= 4 is 24.9 Å². The van der Waals surface area contributed by atoms with Gasteiger partial charge in [-0.2, -0.15) is 0 Å². The number of sulfone groups is 1. The molecule has 0 aromatic carbocycles. The molecule has 0 saturated carbocycles. The molecule has 0 aromatic rings. The van der Waals surface area contributed by atoms with Gasteiger partial charge in [0.25, 0.3) is 0 Å². The molecule has 0 aromatic heterocycles. The summed E-state index contributed by atoms with van der Waals surface area (Å²) in [5, 5.41) is 0. The van der Waals surface area contributed by atoms with Crippen LogP contribution < -0.4 is 0 Å². The average molecular weight is 412 g/mol. The van der Waals surface area contributed by atoms with E-state index < -0.39 is 24.9 Å². The Labute approximate surface area is 135 Å². The Hall–Kier alpha value is 0.390. The molecule has 0 amide bonds. The van der Waals surface area contributed by atoms with Gasteiger partial charge in [0.1, 0.15) is 0 Å². The molecule has 0 rings (SSSR count). The van der Waals surface area contributed by atoms with Gasteiger partial charge in [-0.15, -0.1) is 0 Å². The molecule has 0 radical (unpaired) electrons. The van der Waals surface area contributed by atoms with Crippen molar-refractivity contribution in [3.05, 3.63) is 0 Å². The second-order valence-corrected chi connectivity index (χ2v) is 14.7. The van der Waals surface area contributed by atoms with Crippen LogP contribution >= 0.6 is 15.1 Å². The van der Waals surface area contributed by atoms with Crippen LogP contribution in [0, 0.1) is 0 Å². The van der Waals surface area contributed by atoms with Crippen molar-refractivity contribution in [2.24, 2.45) is 0 Å². The normalized spacial score (nSPS) is 16.1. The molecular weight excluding hydrogens is 384 g/mol. The number of hydrogen-bond donors (Lipinski definition) is 0. The Morgan fingerprint density at radius 3 is 1.39 bits per heavy atom. The summed E-state index contributed by atoms with van der Waals surface area (Å²) in [4.78, 5) is 0. The molecule has 0 spiro atoms. The summed E-state index contributed by atoms with van der Waals surface area (Å²) in [6, 6.07) is 0. The van der Waals surface area contributed by atoms with Gasteiger partial charge in [0.15, 0.2) is 9.84 Å². The molecule has 11 heteroatoms. The van der Waals surface area contributed by atoms with Gasteiger partial charge in [0, 0.05) is 7.26 Å². The first-order valence-corrected chi connectivity index (χ1v) is 13.9. The van der Waals surface area contributed by atoms with Crippen molar-refractivity contribution < 1.29 is 33.6 Å². The van der Waals surface area contributed by atoms with Crippen molar-refractivity contribution in [1.29, 1.82) is 0 Å². The van der Waals surface area contributed by atoms with Gasteiger partial charge in [-0.1, -0.05) is 13.3 Å². The minimum absolute atomic E-state index is 0.390. The van der Waals surface area contributed by atoms with Crippen molar-refractivity contribution in [1.82, 2.24) is 0 Å². The first-order chi connectivity index (χ1) is 9.90. The molecule has 2 nitrogen and oxygen atoms in total. The quantitative estimate of drug-likeness (QED) is 0.313. The van der Waals surface area contributed by atoms with Crippen molar-refractivity contribution in [3.8, 4) is 0 Å². The number of hydrogen-bond acceptors (Lipinski definition) is 2. The molecule has 0 aliphatic rings. The summed E-state index contributed by atoms with van der Waals surface area (Å²) in [6.07, 6.45) is 6.32. The van der Waals surface area contributed by atoms with Crippen LogP contribution in [-0.4, -0.2) is 44.6 Å². The minimum atomic E-state index is -10.7. The predicted octanol–water partition coefficient (Wildman–Crippen LogP) is 6.66. The predicted molar refractivity (Wildman–Crippen MR) is 90.5 cm³/mol. The Bertz CT molecular complexity index is 423. The van der Waals surface area contributed by atoms with Crippen LogP contribution in [0.1, 0.15) is 40.5 Å². The number of unbranched alkanes of at least 4 members (excludes halogenated alkanes) is 1. The molecule has 0 aliphatic carbocycles. The SMILES string of the molecule is CCCCS(=O)(=O)CC[P+](CC)(CC)CC.F[P-](F)(F)(F)(F)F. The molecule has 146 valence electrons. The third kappa shape index (κ3) is 20.3. The van der Waals surface area contributed by atoms with Crippen molar-refractivity contribution in [2.45, 2.75) is 40.5 Å². The fourth-order valence-corrected chi connectivity index (χ4v) is 7.83. The van der Waals surface area contributed by atoms with E-state index in [9.17, 15) is 33.6 Å². The van der Waals surface area contributed by atoms with E-state index in [1.54, 1.807) is 0 Å². The van der Waals surface area contributed by atoms with E-state index >= 15 is 0 Å². The van der Waals surface area contributed by atoms with E-state index in [4.69, 9.17) is 0 Å². The van der Waals surface area contributed by atoms with E-state index in [0.29, 0.717) is 11.5 Å².